The Balaban J connectivity index is 1.56. The highest BCUT2D eigenvalue weighted by Crippen LogP contribution is 2.36. The second-order valence-electron chi connectivity index (χ2n) is 6.69. The molecule has 8 heteroatoms. The molecule has 2 heterocycles. The van der Waals surface area contributed by atoms with Crippen LogP contribution in [0.4, 0.5) is 9.18 Å². The van der Waals surface area contributed by atoms with Crippen LogP contribution in [0.3, 0.4) is 0 Å². The Morgan fingerprint density at radius 2 is 1.97 bits per heavy atom. The zero-order chi connectivity index (χ0) is 21.4. The fourth-order valence-electron chi connectivity index (χ4n) is 2.98. The molecule has 0 saturated carbocycles. The lowest BCUT2D eigenvalue weighted by Crippen LogP contribution is -2.27. The van der Waals surface area contributed by atoms with Crippen LogP contribution in [0, 0.1) is 12.7 Å². The van der Waals surface area contributed by atoms with E-state index in [1.165, 1.54) is 12.1 Å². The fraction of sp³-hybridized carbons (Fsp3) is 0.0909. The van der Waals surface area contributed by atoms with E-state index in [1.807, 2.05) is 31.2 Å². The molecule has 4 rings (SSSR count). The van der Waals surface area contributed by atoms with Crippen molar-refractivity contribution in [1.82, 2.24) is 4.90 Å². The molecule has 0 atom stereocenters. The van der Waals surface area contributed by atoms with Crippen molar-refractivity contribution in [3.8, 4) is 11.3 Å². The van der Waals surface area contributed by atoms with E-state index in [0.717, 1.165) is 38.3 Å². The number of benzene rings is 2. The molecule has 1 aliphatic heterocycles. The number of carbonyl (C=O) groups is 2. The summed E-state index contributed by atoms with van der Waals surface area (Å²) in [6.45, 7) is 1.97. The molecule has 2 amide bonds. The van der Waals surface area contributed by atoms with Crippen LogP contribution in [0.25, 0.3) is 17.4 Å². The van der Waals surface area contributed by atoms with E-state index in [4.69, 9.17) is 16.0 Å². The number of nitrogens with zero attached hydrogens (tertiary/aromatic N) is 1. The number of thioether (sulfide) groups is 1. The minimum Gasteiger partial charge on any atom is -0.457 e. The number of furan rings is 1. The zero-order valence-corrected chi connectivity index (χ0v) is 18.8. The third-order valence-electron chi connectivity index (χ3n) is 4.51. The maximum Gasteiger partial charge on any atom is 0.293 e. The second-order valence-corrected chi connectivity index (χ2v) is 8.94. The number of hydrogen-bond acceptors (Lipinski definition) is 4. The molecule has 0 radical (unpaired) electrons. The maximum atomic E-state index is 13.2. The van der Waals surface area contributed by atoms with Gasteiger partial charge in [-0.05, 0) is 66.2 Å². The first-order chi connectivity index (χ1) is 14.3. The quantitative estimate of drug-likeness (QED) is 0.356. The molecule has 0 unspecified atom stereocenters. The van der Waals surface area contributed by atoms with Crippen LogP contribution >= 0.6 is 39.3 Å². The number of hydrogen-bond donors (Lipinski definition) is 0. The Hall–Kier alpha value is -2.35. The number of aryl methyl sites for hydroxylation is 1. The fourth-order valence-corrected chi connectivity index (χ4v) is 4.71. The molecule has 1 fully saturated rings. The van der Waals surface area contributed by atoms with Gasteiger partial charge in [0.15, 0.2) is 0 Å². The summed E-state index contributed by atoms with van der Waals surface area (Å²) in [4.78, 5) is 26.4. The summed E-state index contributed by atoms with van der Waals surface area (Å²) in [5.41, 5.74) is 2.50. The van der Waals surface area contributed by atoms with Crippen molar-refractivity contribution in [3.63, 3.8) is 0 Å². The van der Waals surface area contributed by atoms with Gasteiger partial charge in [0.2, 0.25) is 0 Å². The van der Waals surface area contributed by atoms with Gasteiger partial charge in [-0.3, -0.25) is 14.5 Å². The molecule has 4 nitrogen and oxygen atoms in total. The molecule has 152 valence electrons. The molecule has 2 aromatic carbocycles. The lowest BCUT2D eigenvalue weighted by molar-refractivity contribution is -0.123. The van der Waals surface area contributed by atoms with Crippen molar-refractivity contribution in [2.75, 3.05) is 0 Å². The Bertz CT molecular complexity index is 1210. The minimum absolute atomic E-state index is 0.0269. The van der Waals surface area contributed by atoms with Crippen molar-refractivity contribution in [3.05, 3.63) is 85.6 Å². The Morgan fingerprint density at radius 1 is 1.17 bits per heavy atom. The average Bonchev–Trinajstić information content (AvgIpc) is 3.24. The van der Waals surface area contributed by atoms with E-state index in [0.29, 0.717) is 17.1 Å². The van der Waals surface area contributed by atoms with Crippen molar-refractivity contribution >= 4 is 56.5 Å². The van der Waals surface area contributed by atoms with E-state index in [2.05, 4.69) is 15.9 Å². The van der Waals surface area contributed by atoms with Crippen LogP contribution in [0.1, 0.15) is 16.9 Å². The van der Waals surface area contributed by atoms with E-state index < -0.39 is 17.0 Å². The van der Waals surface area contributed by atoms with Gasteiger partial charge in [0, 0.05) is 21.1 Å². The second kappa shape index (κ2) is 8.41. The molecule has 30 heavy (non-hydrogen) atoms. The minimum atomic E-state index is -0.480. The van der Waals surface area contributed by atoms with Gasteiger partial charge in [-0.25, -0.2) is 4.39 Å². The first kappa shape index (κ1) is 20.9. The van der Waals surface area contributed by atoms with Gasteiger partial charge in [0.1, 0.15) is 17.3 Å². The normalized spacial score (nSPS) is 15.5. The zero-order valence-electron chi connectivity index (χ0n) is 15.6. The Labute approximate surface area is 189 Å². The van der Waals surface area contributed by atoms with Crippen molar-refractivity contribution in [1.29, 1.82) is 0 Å². The molecular weight excluding hydrogens is 493 g/mol. The summed E-state index contributed by atoms with van der Waals surface area (Å²) < 4.78 is 20.0. The van der Waals surface area contributed by atoms with Crippen LogP contribution in [-0.4, -0.2) is 16.0 Å². The summed E-state index contributed by atoms with van der Waals surface area (Å²) in [6.07, 6.45) is 1.54. The molecular formula is C22H14BrClFNO3S. The molecule has 0 aliphatic carbocycles. The van der Waals surface area contributed by atoms with Gasteiger partial charge in [-0.1, -0.05) is 39.7 Å². The molecule has 0 bridgehead atoms. The maximum absolute atomic E-state index is 13.2. The number of halogens is 3. The van der Waals surface area contributed by atoms with Crippen LogP contribution in [0.2, 0.25) is 5.02 Å². The molecule has 3 aromatic rings. The molecule has 1 aromatic heterocycles. The molecule has 0 spiro atoms. The van der Waals surface area contributed by atoms with Crippen LogP contribution in [0.15, 0.2) is 62.3 Å². The topological polar surface area (TPSA) is 50.5 Å². The summed E-state index contributed by atoms with van der Waals surface area (Å²) in [5, 5.41) is -0.253. The molecule has 0 N–H and O–H groups in total. The number of imide groups is 1. The van der Waals surface area contributed by atoms with E-state index in [-0.39, 0.29) is 16.5 Å². The lowest BCUT2D eigenvalue weighted by atomic mass is 10.1. The predicted octanol–water partition coefficient (Wildman–Crippen LogP) is 7.05. The highest BCUT2D eigenvalue weighted by Gasteiger charge is 2.35. The van der Waals surface area contributed by atoms with Gasteiger partial charge in [0.05, 0.1) is 11.4 Å². The SMILES string of the molecule is Cc1ccc(-c2ccc(/C=C3\SC(=O)N(Cc4ccc(F)cc4Cl)C3=O)o2)c(Br)c1. The molecule has 1 aliphatic rings. The summed E-state index contributed by atoms with van der Waals surface area (Å²) in [7, 11) is 0. The van der Waals surface area contributed by atoms with Crippen molar-refractivity contribution < 1.29 is 18.4 Å². The van der Waals surface area contributed by atoms with E-state index >= 15 is 0 Å². The first-order valence-corrected chi connectivity index (χ1v) is 10.9. The highest BCUT2D eigenvalue weighted by atomic mass is 79.9. The summed E-state index contributed by atoms with van der Waals surface area (Å²) >= 11 is 10.4. The smallest absolute Gasteiger partial charge is 0.293 e. The van der Waals surface area contributed by atoms with Crippen molar-refractivity contribution in [2.24, 2.45) is 0 Å². The third kappa shape index (κ3) is 4.24. The van der Waals surface area contributed by atoms with E-state index in [1.54, 1.807) is 12.1 Å². The first-order valence-electron chi connectivity index (χ1n) is 8.87. The lowest BCUT2D eigenvalue weighted by Gasteiger charge is -2.13. The standard InChI is InChI=1S/C22H14BrClFNO3S/c1-12-2-6-16(17(23)8-12)19-7-5-15(29-19)10-20-21(27)26(22(28)30-20)11-13-3-4-14(25)9-18(13)24/h2-10H,11H2,1H3/b20-10-. The number of rotatable bonds is 4. The van der Waals surface area contributed by atoms with Crippen molar-refractivity contribution in [2.45, 2.75) is 13.5 Å². The van der Waals surface area contributed by atoms with E-state index in [9.17, 15) is 14.0 Å². The van der Waals surface area contributed by atoms with Gasteiger partial charge >= 0.3 is 0 Å². The predicted molar refractivity (Wildman–Crippen MR) is 120 cm³/mol. The number of amides is 2. The van der Waals surface area contributed by atoms with Crippen LogP contribution in [-0.2, 0) is 11.3 Å². The largest absolute Gasteiger partial charge is 0.457 e. The van der Waals surface area contributed by atoms with Crippen LogP contribution in [0.5, 0.6) is 0 Å². The molecule has 1 saturated heterocycles. The van der Waals surface area contributed by atoms with Gasteiger partial charge in [-0.2, -0.15) is 0 Å². The van der Waals surface area contributed by atoms with Gasteiger partial charge < -0.3 is 4.42 Å². The summed E-state index contributed by atoms with van der Waals surface area (Å²) in [6, 6.07) is 13.3. The Morgan fingerprint density at radius 3 is 2.70 bits per heavy atom. The Kier molecular flexibility index (Phi) is 5.86. The average molecular weight is 507 g/mol. The van der Waals surface area contributed by atoms with Gasteiger partial charge in [-0.15, -0.1) is 0 Å². The third-order valence-corrected chi connectivity index (χ3v) is 6.42. The highest BCUT2D eigenvalue weighted by molar-refractivity contribution is 9.10. The monoisotopic (exact) mass is 505 g/mol. The number of carbonyl (C=O) groups excluding carboxylic acids is 2. The van der Waals surface area contributed by atoms with Gasteiger partial charge in [0.25, 0.3) is 11.1 Å². The summed E-state index contributed by atoms with van der Waals surface area (Å²) in [5.74, 6) is 0.180. The van der Waals surface area contributed by atoms with Crippen LogP contribution < -0.4 is 0 Å².